The maximum Gasteiger partial charge on any atom is 0.255 e. The SMILES string of the molecule is C(#CC12CNCC1C2)c1ccccn1.O=C(Cl)c1cncc(Cl)c1.O=C(c1cncc(Cl)c1)N1CC2CC2(C#Cc2ccccn2)C1. The molecule has 4 fully saturated rings. The second-order valence-corrected chi connectivity index (χ2v) is 13.1. The molecule has 0 bridgehead atoms. The zero-order valence-electron chi connectivity index (χ0n) is 25.2. The maximum atomic E-state index is 12.5. The van der Waals surface area contributed by atoms with E-state index < -0.39 is 5.24 Å². The first-order valence-electron chi connectivity index (χ1n) is 15.0. The molecule has 0 aromatic carbocycles. The van der Waals surface area contributed by atoms with Gasteiger partial charge in [-0.25, -0.2) is 9.97 Å². The highest BCUT2D eigenvalue weighted by Gasteiger charge is 2.60. The lowest BCUT2D eigenvalue weighted by molar-refractivity contribution is 0.0770. The molecule has 0 spiro atoms. The van der Waals surface area contributed by atoms with Gasteiger partial charge in [0.15, 0.2) is 0 Å². The highest BCUT2D eigenvalue weighted by atomic mass is 35.5. The van der Waals surface area contributed by atoms with Crippen molar-refractivity contribution in [1.82, 2.24) is 30.2 Å². The van der Waals surface area contributed by atoms with Crippen molar-refractivity contribution >= 4 is 46.0 Å². The van der Waals surface area contributed by atoms with Crippen LogP contribution in [0.1, 0.15) is 44.9 Å². The van der Waals surface area contributed by atoms with E-state index in [0.717, 1.165) is 43.4 Å². The molecule has 2 saturated heterocycles. The van der Waals surface area contributed by atoms with Crippen LogP contribution in [-0.4, -0.2) is 62.2 Å². The van der Waals surface area contributed by atoms with E-state index in [-0.39, 0.29) is 11.3 Å². The van der Waals surface area contributed by atoms with Crippen molar-refractivity contribution in [2.75, 3.05) is 26.2 Å². The van der Waals surface area contributed by atoms with E-state index in [2.05, 4.69) is 48.9 Å². The first-order valence-corrected chi connectivity index (χ1v) is 16.2. The van der Waals surface area contributed by atoms with Crippen molar-refractivity contribution in [1.29, 1.82) is 0 Å². The van der Waals surface area contributed by atoms with Crippen molar-refractivity contribution in [3.05, 3.63) is 118 Å². The van der Waals surface area contributed by atoms with Crippen LogP contribution in [0.5, 0.6) is 0 Å². The predicted molar refractivity (Wildman–Crippen MR) is 181 cm³/mol. The fraction of sp³-hybridized carbons (Fsp3) is 0.278. The number of rotatable bonds is 2. The summed E-state index contributed by atoms with van der Waals surface area (Å²) in [5.41, 5.74) is 2.76. The van der Waals surface area contributed by atoms with Crippen molar-refractivity contribution in [2.45, 2.75) is 12.8 Å². The summed E-state index contributed by atoms with van der Waals surface area (Å²) in [5.74, 6) is 14.3. The van der Waals surface area contributed by atoms with Crippen LogP contribution in [0.4, 0.5) is 0 Å². The molecule has 2 aliphatic heterocycles. The molecule has 4 atom stereocenters. The minimum Gasteiger partial charge on any atom is -0.337 e. The van der Waals surface area contributed by atoms with Gasteiger partial charge < -0.3 is 10.2 Å². The Morgan fingerprint density at radius 3 is 1.91 bits per heavy atom. The minimum absolute atomic E-state index is 0.0220. The van der Waals surface area contributed by atoms with Crippen molar-refractivity contribution in [2.24, 2.45) is 22.7 Å². The highest BCUT2D eigenvalue weighted by molar-refractivity contribution is 6.67. The Balaban J connectivity index is 0.000000137. The zero-order valence-corrected chi connectivity index (χ0v) is 27.4. The number of aromatic nitrogens is 4. The van der Waals surface area contributed by atoms with Gasteiger partial charge in [-0.1, -0.05) is 47.2 Å². The third-order valence-corrected chi connectivity index (χ3v) is 9.22. The molecule has 8 rings (SSSR count). The topological polar surface area (TPSA) is 101 Å². The zero-order chi connectivity index (χ0) is 32.9. The maximum absolute atomic E-state index is 12.5. The number of piperidine rings is 2. The lowest BCUT2D eigenvalue weighted by atomic mass is 10.1. The Labute approximate surface area is 288 Å². The smallest absolute Gasteiger partial charge is 0.255 e. The van der Waals surface area contributed by atoms with E-state index in [9.17, 15) is 9.59 Å². The molecule has 4 aliphatic rings. The van der Waals surface area contributed by atoms with E-state index in [1.165, 1.54) is 31.1 Å². The quantitative estimate of drug-likeness (QED) is 0.211. The Kier molecular flexibility index (Phi) is 9.87. The van der Waals surface area contributed by atoms with Gasteiger partial charge in [0.2, 0.25) is 0 Å². The Morgan fingerprint density at radius 1 is 0.809 bits per heavy atom. The first-order chi connectivity index (χ1) is 22.8. The van der Waals surface area contributed by atoms with Crippen molar-refractivity contribution in [3.8, 4) is 23.7 Å². The standard InChI is InChI=1S/C18H14ClN3O.C12H12N2.C6H3Cl2NO/c19-15-7-13(9-20-10-15)17(23)22-11-14-8-18(14,12-22)5-4-16-3-1-2-6-21-16;1-2-6-14-11(3-1)4-5-12-7-10(12)8-13-9-12;7-5-1-4(6(8)10)2-9-3-5/h1-3,6-7,9-10,14H,8,11-12H2;1-3,6,10,13H,7-9H2;1-3H. The summed E-state index contributed by atoms with van der Waals surface area (Å²) in [5, 5.41) is 3.72. The number of nitrogens with zero attached hydrogens (tertiary/aromatic N) is 5. The van der Waals surface area contributed by atoms with Gasteiger partial charge in [0.25, 0.3) is 11.1 Å². The molecule has 2 saturated carbocycles. The van der Waals surface area contributed by atoms with E-state index in [1.807, 2.05) is 41.3 Å². The van der Waals surface area contributed by atoms with Crippen LogP contribution >= 0.6 is 34.8 Å². The van der Waals surface area contributed by atoms with E-state index in [4.69, 9.17) is 34.8 Å². The molecule has 1 amide bonds. The number of amides is 1. The molecule has 4 aromatic heterocycles. The number of nitrogens with one attached hydrogen (secondary N) is 1. The van der Waals surface area contributed by atoms with Gasteiger partial charge in [-0.05, 0) is 91.1 Å². The first kappa shape index (κ1) is 32.6. The number of carbonyl (C=O) groups excluding carboxylic acids is 2. The van der Waals surface area contributed by atoms with Gasteiger partial charge in [-0.15, -0.1) is 0 Å². The van der Waals surface area contributed by atoms with E-state index in [1.54, 1.807) is 24.7 Å². The average molecular weight is 684 g/mol. The summed E-state index contributed by atoms with van der Waals surface area (Å²) >= 11 is 16.6. The number of hydrogen-bond donors (Lipinski definition) is 1. The number of hydrogen-bond acceptors (Lipinski definition) is 7. The molecular weight excluding hydrogens is 655 g/mol. The molecular formula is C36H29Cl3N6O2. The third kappa shape index (κ3) is 8.16. The molecule has 47 heavy (non-hydrogen) atoms. The van der Waals surface area contributed by atoms with Crippen LogP contribution < -0.4 is 5.32 Å². The normalized spacial score (nSPS) is 23.9. The third-order valence-electron chi connectivity index (χ3n) is 8.59. The Hall–Kier alpha value is -4.31. The number of pyridine rings is 4. The van der Waals surface area contributed by atoms with Gasteiger partial charge in [0.1, 0.15) is 11.4 Å². The van der Waals surface area contributed by atoms with Gasteiger partial charge in [0.05, 0.1) is 26.6 Å². The summed E-state index contributed by atoms with van der Waals surface area (Å²) in [4.78, 5) is 40.9. The average Bonchev–Trinajstić information content (AvgIpc) is 3.87. The molecule has 6 heterocycles. The summed E-state index contributed by atoms with van der Waals surface area (Å²) < 4.78 is 0. The second kappa shape index (κ2) is 14.2. The van der Waals surface area contributed by atoms with Crippen molar-refractivity contribution < 1.29 is 9.59 Å². The van der Waals surface area contributed by atoms with Crippen LogP contribution in [-0.2, 0) is 0 Å². The fourth-order valence-corrected chi connectivity index (χ4v) is 6.30. The van der Waals surface area contributed by atoms with Crippen LogP contribution in [0, 0.1) is 46.3 Å². The number of likely N-dealkylation sites (tertiary alicyclic amines) is 1. The van der Waals surface area contributed by atoms with Gasteiger partial charge in [-0.3, -0.25) is 19.6 Å². The molecule has 11 heteroatoms. The number of carbonyl (C=O) groups is 2. The molecule has 236 valence electrons. The number of halogens is 3. The van der Waals surface area contributed by atoms with Crippen LogP contribution in [0.15, 0.2) is 85.7 Å². The molecule has 2 aliphatic carbocycles. The van der Waals surface area contributed by atoms with E-state index >= 15 is 0 Å². The second-order valence-electron chi connectivity index (χ2n) is 11.9. The largest absolute Gasteiger partial charge is 0.337 e. The monoisotopic (exact) mass is 682 g/mol. The van der Waals surface area contributed by atoms with Gasteiger partial charge >= 0.3 is 0 Å². The highest BCUT2D eigenvalue weighted by Crippen LogP contribution is 2.57. The fourth-order valence-electron chi connectivity index (χ4n) is 5.84. The molecule has 4 aromatic rings. The Bertz CT molecular complexity index is 1910. The number of fused-ring (bicyclic) bond motifs is 2. The summed E-state index contributed by atoms with van der Waals surface area (Å²) in [6.07, 6.45) is 11.8. The van der Waals surface area contributed by atoms with Crippen molar-refractivity contribution in [3.63, 3.8) is 0 Å². The lowest BCUT2D eigenvalue weighted by Crippen LogP contribution is -2.31. The van der Waals surface area contributed by atoms with Crippen LogP contribution in [0.3, 0.4) is 0 Å². The van der Waals surface area contributed by atoms with E-state index in [0.29, 0.717) is 39.0 Å². The minimum atomic E-state index is -0.546. The predicted octanol–water partition coefficient (Wildman–Crippen LogP) is 5.80. The van der Waals surface area contributed by atoms with Crippen LogP contribution in [0.25, 0.3) is 0 Å². The van der Waals surface area contributed by atoms with Gasteiger partial charge in [-0.2, -0.15) is 0 Å². The molecule has 4 unspecified atom stereocenters. The lowest BCUT2D eigenvalue weighted by Gasteiger charge is -2.19. The molecule has 1 N–H and O–H groups in total. The summed E-state index contributed by atoms with van der Waals surface area (Å²) in [7, 11) is 0. The Morgan fingerprint density at radius 2 is 1.40 bits per heavy atom. The van der Waals surface area contributed by atoms with Crippen LogP contribution in [0.2, 0.25) is 10.0 Å². The molecule has 0 radical (unpaired) electrons. The molecule has 8 nitrogen and oxygen atoms in total. The summed E-state index contributed by atoms with van der Waals surface area (Å²) in [6.45, 7) is 3.64. The summed E-state index contributed by atoms with van der Waals surface area (Å²) in [6, 6.07) is 14.7. The van der Waals surface area contributed by atoms with Gasteiger partial charge in [0, 0.05) is 62.2 Å².